The summed E-state index contributed by atoms with van der Waals surface area (Å²) >= 11 is 11.6. The van der Waals surface area contributed by atoms with E-state index in [0.717, 1.165) is 18.2 Å². The van der Waals surface area contributed by atoms with Gasteiger partial charge < -0.3 is 5.73 Å². The summed E-state index contributed by atoms with van der Waals surface area (Å²) in [5, 5.41) is 7.10. The topological polar surface area (TPSA) is 64.7 Å². The molecule has 3 aromatic rings. The maximum atomic E-state index is 13.4. The lowest BCUT2D eigenvalue weighted by Gasteiger charge is -2.12. The van der Waals surface area contributed by atoms with E-state index in [1.54, 1.807) is 0 Å². The number of rotatable bonds is 2. The number of halogens is 6. The van der Waals surface area contributed by atoms with E-state index in [4.69, 9.17) is 28.9 Å². The summed E-state index contributed by atoms with van der Waals surface area (Å²) in [5.74, 6) is -0.865. The van der Waals surface area contributed by atoms with Crippen LogP contribution in [0.15, 0.2) is 36.4 Å². The molecule has 0 atom stereocenters. The van der Waals surface area contributed by atoms with Gasteiger partial charge in [-0.25, -0.2) is 9.37 Å². The molecule has 10 heteroatoms. The molecule has 134 valence electrons. The summed E-state index contributed by atoms with van der Waals surface area (Å²) in [4.78, 5) is 4.01. The normalized spacial score (nSPS) is 11.6. The maximum absolute atomic E-state index is 13.4. The van der Waals surface area contributed by atoms with Gasteiger partial charge >= 0.3 is 6.18 Å². The van der Waals surface area contributed by atoms with Crippen LogP contribution in [0.4, 0.5) is 23.5 Å². The third kappa shape index (κ3) is 3.71. The molecule has 4 nitrogen and oxygen atoms in total. The van der Waals surface area contributed by atoms with Crippen molar-refractivity contribution in [3.8, 4) is 22.5 Å². The highest BCUT2D eigenvalue weighted by Crippen LogP contribution is 2.37. The van der Waals surface area contributed by atoms with Gasteiger partial charge in [-0.05, 0) is 36.4 Å². The highest BCUT2D eigenvalue weighted by Gasteiger charge is 2.31. The van der Waals surface area contributed by atoms with E-state index in [0.29, 0.717) is 5.56 Å². The molecule has 0 aliphatic carbocycles. The van der Waals surface area contributed by atoms with Gasteiger partial charge in [0.15, 0.2) is 0 Å². The predicted octanol–water partition coefficient (Wildman–Crippen LogP) is 5.25. The number of benzene rings is 2. The molecule has 1 aromatic heterocycles. The van der Waals surface area contributed by atoms with Gasteiger partial charge in [0.25, 0.3) is 0 Å². The quantitative estimate of drug-likeness (QED) is 0.594. The number of anilines is 1. The van der Waals surface area contributed by atoms with Crippen molar-refractivity contribution in [1.82, 2.24) is 15.2 Å². The Morgan fingerprint density at radius 2 is 1.62 bits per heavy atom. The van der Waals surface area contributed by atoms with Crippen LogP contribution in [-0.4, -0.2) is 15.2 Å². The highest BCUT2D eigenvalue weighted by atomic mass is 35.5. The van der Waals surface area contributed by atoms with Crippen LogP contribution in [0.25, 0.3) is 22.5 Å². The molecule has 0 unspecified atom stereocenters. The minimum Gasteiger partial charge on any atom is -0.366 e. The second-order valence-corrected chi connectivity index (χ2v) is 6.07. The Morgan fingerprint density at radius 3 is 2.27 bits per heavy atom. The summed E-state index contributed by atoms with van der Waals surface area (Å²) in [6, 6.07) is 6.65. The smallest absolute Gasteiger partial charge is 0.366 e. The van der Waals surface area contributed by atoms with Crippen molar-refractivity contribution < 1.29 is 17.6 Å². The first kappa shape index (κ1) is 18.3. The largest absolute Gasteiger partial charge is 0.416 e. The maximum Gasteiger partial charge on any atom is 0.416 e. The van der Waals surface area contributed by atoms with Gasteiger partial charge in [0.2, 0.25) is 5.95 Å². The second-order valence-electron chi connectivity index (χ2n) is 5.22. The standard InChI is InChI=1S/C16H8Cl2F4N4/c17-10-4-8(3-9(6-10)16(20,21)22)14-13(24-15(23)26-25-14)7-1-2-12(19)11(18)5-7/h1-6H,(H2,23,24,26). The molecule has 2 aromatic carbocycles. The zero-order chi connectivity index (χ0) is 19.1. The van der Waals surface area contributed by atoms with Crippen molar-refractivity contribution in [1.29, 1.82) is 0 Å². The fourth-order valence-electron chi connectivity index (χ4n) is 2.27. The van der Waals surface area contributed by atoms with Gasteiger partial charge in [0.1, 0.15) is 17.2 Å². The van der Waals surface area contributed by atoms with Crippen LogP contribution < -0.4 is 5.73 Å². The lowest BCUT2D eigenvalue weighted by molar-refractivity contribution is -0.137. The molecule has 3 rings (SSSR count). The van der Waals surface area contributed by atoms with Crippen molar-refractivity contribution in [2.75, 3.05) is 5.73 Å². The SMILES string of the molecule is Nc1nnc(-c2cc(Cl)cc(C(F)(F)F)c2)c(-c2ccc(F)c(Cl)c2)n1. The zero-order valence-electron chi connectivity index (χ0n) is 12.7. The number of alkyl halides is 3. The van der Waals surface area contributed by atoms with Crippen LogP contribution in [0.1, 0.15) is 5.56 Å². The van der Waals surface area contributed by atoms with Crippen LogP contribution in [0, 0.1) is 5.82 Å². The van der Waals surface area contributed by atoms with E-state index in [1.807, 2.05) is 0 Å². The molecule has 0 fully saturated rings. The second kappa shape index (κ2) is 6.69. The van der Waals surface area contributed by atoms with E-state index in [-0.39, 0.29) is 32.9 Å². The molecule has 0 radical (unpaired) electrons. The number of hydrogen-bond acceptors (Lipinski definition) is 4. The van der Waals surface area contributed by atoms with Gasteiger partial charge in [0.05, 0.1) is 10.6 Å². The fourth-order valence-corrected chi connectivity index (χ4v) is 2.68. The minimum atomic E-state index is -4.60. The molecule has 0 aliphatic heterocycles. The molecule has 0 spiro atoms. The Balaban J connectivity index is 2.24. The van der Waals surface area contributed by atoms with Crippen LogP contribution >= 0.6 is 23.2 Å². The third-order valence-corrected chi connectivity index (χ3v) is 3.90. The summed E-state index contributed by atoms with van der Waals surface area (Å²) < 4.78 is 52.6. The number of nitrogens with two attached hydrogens (primary N) is 1. The van der Waals surface area contributed by atoms with E-state index < -0.39 is 17.6 Å². The van der Waals surface area contributed by atoms with Gasteiger partial charge in [-0.1, -0.05) is 23.2 Å². The van der Waals surface area contributed by atoms with E-state index >= 15 is 0 Å². The third-order valence-electron chi connectivity index (χ3n) is 3.39. The Morgan fingerprint density at radius 1 is 0.885 bits per heavy atom. The molecule has 0 bridgehead atoms. The lowest BCUT2D eigenvalue weighted by atomic mass is 10.0. The summed E-state index contributed by atoms with van der Waals surface area (Å²) in [7, 11) is 0. The minimum absolute atomic E-state index is 0.00475. The average molecular weight is 403 g/mol. The van der Waals surface area contributed by atoms with Crippen molar-refractivity contribution >= 4 is 29.2 Å². The Hall–Kier alpha value is -2.45. The lowest BCUT2D eigenvalue weighted by Crippen LogP contribution is -2.06. The molecule has 0 saturated heterocycles. The molecular weight excluding hydrogens is 395 g/mol. The molecule has 2 N–H and O–H groups in total. The zero-order valence-corrected chi connectivity index (χ0v) is 14.2. The molecular formula is C16H8Cl2F4N4. The highest BCUT2D eigenvalue weighted by molar-refractivity contribution is 6.31. The molecule has 0 saturated carbocycles. The first-order valence-corrected chi connectivity index (χ1v) is 7.74. The van der Waals surface area contributed by atoms with Crippen molar-refractivity contribution in [2.24, 2.45) is 0 Å². The summed E-state index contributed by atoms with van der Waals surface area (Å²) in [6.07, 6.45) is -4.60. The average Bonchev–Trinajstić information content (AvgIpc) is 2.56. The van der Waals surface area contributed by atoms with Crippen molar-refractivity contribution in [3.63, 3.8) is 0 Å². The van der Waals surface area contributed by atoms with Gasteiger partial charge in [0, 0.05) is 16.1 Å². The van der Waals surface area contributed by atoms with Gasteiger partial charge in [-0.15, -0.1) is 10.2 Å². The van der Waals surface area contributed by atoms with E-state index in [1.165, 1.54) is 18.2 Å². The summed E-state index contributed by atoms with van der Waals surface area (Å²) in [6.45, 7) is 0. The Bertz CT molecular complexity index is 992. The number of nitrogens with zero attached hydrogens (tertiary/aromatic N) is 3. The van der Waals surface area contributed by atoms with Crippen molar-refractivity contribution in [3.05, 3.63) is 57.8 Å². The Labute approximate surface area is 154 Å². The van der Waals surface area contributed by atoms with Gasteiger partial charge in [-0.2, -0.15) is 13.2 Å². The van der Waals surface area contributed by atoms with Crippen molar-refractivity contribution in [2.45, 2.75) is 6.18 Å². The van der Waals surface area contributed by atoms with Crippen LogP contribution in [0.5, 0.6) is 0 Å². The van der Waals surface area contributed by atoms with Crippen LogP contribution in [0.3, 0.4) is 0 Å². The number of hydrogen-bond donors (Lipinski definition) is 1. The van der Waals surface area contributed by atoms with E-state index in [9.17, 15) is 17.6 Å². The first-order valence-electron chi connectivity index (χ1n) is 6.99. The molecule has 0 amide bonds. The number of nitrogen functional groups attached to an aromatic ring is 1. The fraction of sp³-hybridized carbons (Fsp3) is 0.0625. The number of aromatic nitrogens is 3. The van der Waals surface area contributed by atoms with Crippen LogP contribution in [0.2, 0.25) is 10.0 Å². The van der Waals surface area contributed by atoms with E-state index in [2.05, 4.69) is 15.2 Å². The molecule has 1 heterocycles. The first-order chi connectivity index (χ1) is 12.1. The van der Waals surface area contributed by atoms with Gasteiger partial charge in [-0.3, -0.25) is 0 Å². The van der Waals surface area contributed by atoms with Crippen LogP contribution in [-0.2, 0) is 6.18 Å². The summed E-state index contributed by atoms with van der Waals surface area (Å²) in [5.41, 5.74) is 5.01. The molecule has 0 aliphatic rings. The predicted molar refractivity (Wildman–Crippen MR) is 90.1 cm³/mol. The monoisotopic (exact) mass is 402 g/mol. The molecule has 26 heavy (non-hydrogen) atoms. The Kier molecular flexibility index (Phi) is 4.72.